The van der Waals surface area contributed by atoms with Gasteiger partial charge in [-0.05, 0) is 51.3 Å². The molecular weight excluding hydrogens is 468 g/mol. The molecule has 192 valence electrons. The molecule has 10 heteroatoms. The zero-order valence-corrected chi connectivity index (χ0v) is 22.2. The van der Waals surface area contributed by atoms with Crippen LogP contribution in [0.2, 0.25) is 0 Å². The predicted octanol–water partition coefficient (Wildman–Crippen LogP) is 2.60. The van der Waals surface area contributed by atoms with E-state index in [2.05, 4.69) is 5.32 Å². The minimum atomic E-state index is -3.93. The first kappa shape index (κ1) is 26.7. The summed E-state index contributed by atoms with van der Waals surface area (Å²) in [5.74, 6) is -0.969. The SMILES string of the molecule is CCOC(=O)c1c(S(=O)(=O)N2CCC(C(=O)NCc3ccc(N(C)C)cc3)CC2)c(C)n(C)c1C. The molecule has 1 aromatic carbocycles. The predicted molar refractivity (Wildman–Crippen MR) is 135 cm³/mol. The maximum absolute atomic E-state index is 13.6. The summed E-state index contributed by atoms with van der Waals surface area (Å²) in [4.78, 5) is 27.3. The van der Waals surface area contributed by atoms with Crippen molar-refractivity contribution in [3.63, 3.8) is 0 Å². The number of aromatic nitrogens is 1. The number of carbonyl (C=O) groups is 2. The van der Waals surface area contributed by atoms with Crippen molar-refractivity contribution in [1.29, 1.82) is 0 Å². The van der Waals surface area contributed by atoms with E-state index in [0.717, 1.165) is 11.3 Å². The van der Waals surface area contributed by atoms with Crippen LogP contribution in [0.3, 0.4) is 0 Å². The Kier molecular flexibility index (Phi) is 8.27. The lowest BCUT2D eigenvalue weighted by atomic mass is 9.97. The van der Waals surface area contributed by atoms with E-state index in [1.807, 2.05) is 43.3 Å². The van der Waals surface area contributed by atoms with Gasteiger partial charge in [-0.2, -0.15) is 4.31 Å². The minimum absolute atomic E-state index is 0.0000209. The maximum Gasteiger partial charge on any atom is 0.341 e. The third-order valence-electron chi connectivity index (χ3n) is 6.75. The first-order chi connectivity index (χ1) is 16.5. The Morgan fingerprint density at radius 3 is 2.23 bits per heavy atom. The monoisotopic (exact) mass is 504 g/mol. The summed E-state index contributed by atoms with van der Waals surface area (Å²) in [5, 5.41) is 2.98. The topological polar surface area (TPSA) is 101 Å². The van der Waals surface area contributed by atoms with Crippen LogP contribution in [0.4, 0.5) is 5.69 Å². The van der Waals surface area contributed by atoms with Gasteiger partial charge in [-0.15, -0.1) is 0 Å². The largest absolute Gasteiger partial charge is 0.462 e. The molecule has 2 heterocycles. The number of amides is 1. The van der Waals surface area contributed by atoms with E-state index in [9.17, 15) is 18.0 Å². The third kappa shape index (κ3) is 5.54. The van der Waals surface area contributed by atoms with Crippen LogP contribution < -0.4 is 10.2 Å². The average Bonchev–Trinajstić information content (AvgIpc) is 3.07. The molecular formula is C25H36N4O5S. The van der Waals surface area contributed by atoms with E-state index in [1.165, 1.54) is 4.31 Å². The number of hydrogen-bond donors (Lipinski definition) is 1. The van der Waals surface area contributed by atoms with E-state index in [0.29, 0.717) is 30.8 Å². The number of piperidine rings is 1. The molecule has 0 unspecified atom stereocenters. The van der Waals surface area contributed by atoms with Crippen molar-refractivity contribution < 1.29 is 22.7 Å². The van der Waals surface area contributed by atoms with Crippen molar-refractivity contribution in [2.24, 2.45) is 13.0 Å². The molecule has 35 heavy (non-hydrogen) atoms. The van der Waals surface area contributed by atoms with Crippen LogP contribution in [0.1, 0.15) is 47.1 Å². The summed E-state index contributed by atoms with van der Waals surface area (Å²) in [6.07, 6.45) is 0.842. The number of benzene rings is 1. The molecule has 1 N–H and O–H groups in total. The molecule has 0 atom stereocenters. The summed E-state index contributed by atoms with van der Waals surface area (Å²) in [6, 6.07) is 7.97. The van der Waals surface area contributed by atoms with E-state index in [-0.39, 0.29) is 42.0 Å². The van der Waals surface area contributed by atoms with Gasteiger partial charge in [0.15, 0.2) is 0 Å². The van der Waals surface area contributed by atoms with Crippen LogP contribution >= 0.6 is 0 Å². The number of anilines is 1. The maximum atomic E-state index is 13.6. The minimum Gasteiger partial charge on any atom is -0.462 e. The van der Waals surface area contributed by atoms with Gasteiger partial charge in [0.05, 0.1) is 6.61 Å². The van der Waals surface area contributed by atoms with Crippen molar-refractivity contribution in [3.05, 3.63) is 46.8 Å². The fourth-order valence-electron chi connectivity index (χ4n) is 4.41. The summed E-state index contributed by atoms with van der Waals surface area (Å²) >= 11 is 0. The quantitative estimate of drug-likeness (QED) is 0.555. The Morgan fingerprint density at radius 2 is 1.69 bits per heavy atom. The molecule has 0 spiro atoms. The fraction of sp³-hybridized carbons (Fsp3) is 0.520. The van der Waals surface area contributed by atoms with Crippen LogP contribution in [0.5, 0.6) is 0 Å². The van der Waals surface area contributed by atoms with Gasteiger partial charge in [-0.3, -0.25) is 4.79 Å². The van der Waals surface area contributed by atoms with Gasteiger partial charge in [0.25, 0.3) is 0 Å². The van der Waals surface area contributed by atoms with Gasteiger partial charge >= 0.3 is 5.97 Å². The number of esters is 1. The number of sulfonamides is 1. The number of carbonyl (C=O) groups excluding carboxylic acids is 2. The van der Waals surface area contributed by atoms with Gasteiger partial charge in [-0.1, -0.05) is 12.1 Å². The van der Waals surface area contributed by atoms with Crippen molar-refractivity contribution in [1.82, 2.24) is 14.2 Å². The van der Waals surface area contributed by atoms with Gasteiger partial charge < -0.3 is 19.5 Å². The first-order valence-electron chi connectivity index (χ1n) is 11.9. The summed E-state index contributed by atoms with van der Waals surface area (Å²) < 4.78 is 35.3. The van der Waals surface area contributed by atoms with Crippen molar-refractivity contribution >= 4 is 27.6 Å². The zero-order chi connectivity index (χ0) is 25.9. The van der Waals surface area contributed by atoms with Crippen molar-refractivity contribution in [2.45, 2.75) is 45.1 Å². The lowest BCUT2D eigenvalue weighted by Gasteiger charge is -2.30. The third-order valence-corrected chi connectivity index (χ3v) is 8.81. The lowest BCUT2D eigenvalue weighted by Crippen LogP contribution is -2.43. The average molecular weight is 505 g/mol. The molecule has 0 saturated carbocycles. The van der Waals surface area contributed by atoms with Crippen LogP contribution in [0, 0.1) is 19.8 Å². The summed E-state index contributed by atoms with van der Waals surface area (Å²) in [5.41, 5.74) is 3.22. The number of nitrogens with zero attached hydrogens (tertiary/aromatic N) is 3. The van der Waals surface area contributed by atoms with Crippen molar-refractivity contribution in [3.8, 4) is 0 Å². The number of hydrogen-bond acceptors (Lipinski definition) is 6. The van der Waals surface area contributed by atoms with Crippen LogP contribution in [0.15, 0.2) is 29.2 Å². The summed E-state index contributed by atoms with van der Waals surface area (Å²) in [7, 11) is 1.75. The molecule has 1 amide bonds. The molecule has 1 aliphatic heterocycles. The van der Waals surface area contributed by atoms with Crippen LogP contribution in [-0.2, 0) is 33.1 Å². The standard InChI is InChI=1S/C25H36N4O5S/c1-7-34-25(31)22-17(2)28(6)18(3)23(22)35(32,33)29-14-12-20(13-15-29)24(30)26-16-19-8-10-21(11-9-19)27(4)5/h8-11,20H,7,12-16H2,1-6H3,(H,26,30). The normalized spacial score (nSPS) is 15.1. The molecule has 3 rings (SSSR count). The smallest absolute Gasteiger partial charge is 0.341 e. The Labute approximate surface area is 208 Å². The first-order valence-corrected chi connectivity index (χ1v) is 13.3. The second-order valence-electron chi connectivity index (χ2n) is 9.11. The molecule has 1 fully saturated rings. The highest BCUT2D eigenvalue weighted by molar-refractivity contribution is 7.89. The molecule has 0 radical (unpaired) electrons. The van der Waals surface area contributed by atoms with Gasteiger partial charge in [0, 0.05) is 63.8 Å². The second kappa shape index (κ2) is 10.8. The molecule has 1 saturated heterocycles. The molecule has 0 bridgehead atoms. The van der Waals surface area contributed by atoms with Gasteiger partial charge in [0.1, 0.15) is 10.5 Å². The van der Waals surface area contributed by atoms with Crippen LogP contribution in [-0.4, -0.2) is 63.0 Å². The van der Waals surface area contributed by atoms with Crippen LogP contribution in [0.25, 0.3) is 0 Å². The lowest BCUT2D eigenvalue weighted by molar-refractivity contribution is -0.126. The van der Waals surface area contributed by atoms with Gasteiger partial charge in [0.2, 0.25) is 15.9 Å². The summed E-state index contributed by atoms with van der Waals surface area (Å²) in [6.45, 7) is 6.10. The highest BCUT2D eigenvalue weighted by Gasteiger charge is 2.38. The number of ether oxygens (including phenoxy) is 1. The molecule has 1 aliphatic rings. The van der Waals surface area contributed by atoms with Crippen molar-refractivity contribution in [2.75, 3.05) is 38.7 Å². The Hall–Kier alpha value is -2.85. The highest BCUT2D eigenvalue weighted by Crippen LogP contribution is 2.32. The Morgan fingerprint density at radius 1 is 1.09 bits per heavy atom. The van der Waals surface area contributed by atoms with E-state index in [4.69, 9.17) is 4.74 Å². The van der Waals surface area contributed by atoms with E-state index >= 15 is 0 Å². The molecule has 0 aliphatic carbocycles. The van der Waals surface area contributed by atoms with E-state index < -0.39 is 16.0 Å². The molecule has 2 aromatic rings. The molecule has 9 nitrogen and oxygen atoms in total. The Bertz CT molecular complexity index is 1180. The van der Waals surface area contributed by atoms with E-state index in [1.54, 1.807) is 32.4 Å². The Balaban J connectivity index is 1.66. The highest BCUT2D eigenvalue weighted by atomic mass is 32.2. The fourth-order valence-corrected chi connectivity index (χ4v) is 6.36. The molecule has 1 aromatic heterocycles. The number of nitrogens with one attached hydrogen (secondary N) is 1. The second-order valence-corrected chi connectivity index (χ2v) is 11.0. The van der Waals surface area contributed by atoms with Gasteiger partial charge in [-0.25, -0.2) is 13.2 Å². The zero-order valence-electron chi connectivity index (χ0n) is 21.4. The number of rotatable bonds is 8.